The molecule has 1 amide bonds. The third kappa shape index (κ3) is 6.22. The van der Waals surface area contributed by atoms with Gasteiger partial charge in [-0.3, -0.25) is 24.6 Å². The zero-order chi connectivity index (χ0) is 32.2. The van der Waals surface area contributed by atoms with E-state index in [4.69, 9.17) is 9.47 Å². The van der Waals surface area contributed by atoms with Gasteiger partial charge < -0.3 is 14.6 Å². The second-order valence-electron chi connectivity index (χ2n) is 10.1. The quantitative estimate of drug-likeness (QED) is 0.0412. The van der Waals surface area contributed by atoms with E-state index in [-0.39, 0.29) is 39.1 Å². The number of nitrogens with zero attached hydrogens (tertiary/aromatic N) is 3. The van der Waals surface area contributed by atoms with Crippen LogP contribution in [0, 0.1) is 24.0 Å². The molecule has 3 aromatic carbocycles. The van der Waals surface area contributed by atoms with E-state index in [0.29, 0.717) is 17.9 Å². The fourth-order valence-electron chi connectivity index (χ4n) is 4.80. The molecule has 1 aliphatic rings. The normalized spacial score (nSPS) is 15.6. The molecule has 1 unspecified atom stereocenters. The maximum Gasteiger partial charge on any atom is 0.350 e. The van der Waals surface area contributed by atoms with Crippen molar-refractivity contribution in [1.29, 1.82) is 0 Å². The van der Waals surface area contributed by atoms with E-state index in [1.54, 1.807) is 31.2 Å². The smallest absolute Gasteiger partial charge is 0.350 e. The fraction of sp³-hybridized carbons (Fsp3) is 0.152. The van der Waals surface area contributed by atoms with E-state index in [1.807, 2.05) is 31.2 Å². The Morgan fingerprint density at radius 2 is 1.78 bits per heavy atom. The summed E-state index contributed by atoms with van der Waals surface area (Å²) in [7, 11) is 0. The van der Waals surface area contributed by atoms with Gasteiger partial charge in [0.15, 0.2) is 5.13 Å². The van der Waals surface area contributed by atoms with E-state index in [9.17, 15) is 29.6 Å². The zero-order valence-electron chi connectivity index (χ0n) is 24.3. The molecule has 1 saturated heterocycles. The highest BCUT2D eigenvalue weighted by Crippen LogP contribution is 2.44. The molecule has 12 heteroatoms. The monoisotopic (exact) mass is 625 g/mol. The van der Waals surface area contributed by atoms with Crippen LogP contribution in [0.15, 0.2) is 91.0 Å². The summed E-state index contributed by atoms with van der Waals surface area (Å²) in [5.41, 5.74) is 2.48. The average molecular weight is 626 g/mol. The van der Waals surface area contributed by atoms with E-state index in [2.05, 4.69) is 11.6 Å². The lowest BCUT2D eigenvalue weighted by atomic mass is 9.95. The minimum atomic E-state index is -1.20. The average Bonchev–Trinajstić information content (AvgIpc) is 3.55. The lowest BCUT2D eigenvalue weighted by molar-refractivity contribution is -0.384. The van der Waals surface area contributed by atoms with Crippen LogP contribution in [-0.2, 0) is 20.9 Å². The van der Waals surface area contributed by atoms with Gasteiger partial charge in [0.05, 0.1) is 22.2 Å². The van der Waals surface area contributed by atoms with Crippen molar-refractivity contribution in [2.75, 3.05) is 11.5 Å². The number of ketones is 1. The lowest BCUT2D eigenvalue weighted by Gasteiger charge is -2.23. The van der Waals surface area contributed by atoms with Crippen molar-refractivity contribution in [2.24, 2.45) is 0 Å². The first-order valence-electron chi connectivity index (χ1n) is 13.7. The van der Waals surface area contributed by atoms with Crippen LogP contribution in [-0.4, -0.2) is 39.3 Å². The van der Waals surface area contributed by atoms with Crippen molar-refractivity contribution in [3.8, 4) is 5.75 Å². The van der Waals surface area contributed by atoms with Crippen LogP contribution in [0.1, 0.15) is 43.7 Å². The van der Waals surface area contributed by atoms with Crippen molar-refractivity contribution in [1.82, 2.24) is 4.98 Å². The Hall–Kier alpha value is -5.62. The number of ether oxygens (including phenoxy) is 2. The number of hydrogen-bond donors (Lipinski definition) is 1. The van der Waals surface area contributed by atoms with Crippen molar-refractivity contribution in [3.05, 3.63) is 134 Å². The molecule has 0 bridgehead atoms. The molecular formula is C33H27N3O8S. The minimum absolute atomic E-state index is 0.0162. The molecule has 0 radical (unpaired) electrons. The third-order valence-corrected chi connectivity index (χ3v) is 8.29. The first-order chi connectivity index (χ1) is 21.6. The number of carbonyl (C=O) groups is 3. The highest BCUT2D eigenvalue weighted by Gasteiger charge is 2.48. The van der Waals surface area contributed by atoms with E-state index in [0.717, 1.165) is 27.4 Å². The van der Waals surface area contributed by atoms with Gasteiger partial charge in [-0.1, -0.05) is 48.3 Å². The maximum absolute atomic E-state index is 13.5. The topological polar surface area (TPSA) is 149 Å². The zero-order valence-corrected chi connectivity index (χ0v) is 25.1. The molecule has 0 saturated carbocycles. The number of aryl methyl sites for hydroxylation is 2. The van der Waals surface area contributed by atoms with Crippen LogP contribution in [0.4, 0.5) is 10.8 Å². The standard InChI is InChI=1S/C33H27N3O8S/c1-4-17-43-32(40)30-20(3)34-33(45-30)35-27(21-9-13-24(14-10-21)36(41)42)26(29(38)31(35)39)28(37)22-11-15-25(16-12-22)44-18-23-8-6-5-7-19(23)2/h4-16,27,37H,1,17-18H2,2-3H3. The molecule has 0 spiro atoms. The Balaban J connectivity index is 1.54. The van der Waals surface area contributed by atoms with Crippen LogP contribution in [0.2, 0.25) is 0 Å². The number of benzene rings is 3. The first-order valence-corrected chi connectivity index (χ1v) is 14.5. The van der Waals surface area contributed by atoms with Gasteiger partial charge in [0.1, 0.15) is 29.6 Å². The van der Waals surface area contributed by atoms with Crippen LogP contribution in [0.25, 0.3) is 5.76 Å². The second kappa shape index (κ2) is 12.9. The van der Waals surface area contributed by atoms with Crippen molar-refractivity contribution < 1.29 is 33.9 Å². The van der Waals surface area contributed by atoms with Gasteiger partial charge >= 0.3 is 11.9 Å². The molecule has 45 heavy (non-hydrogen) atoms. The summed E-state index contributed by atoms with van der Waals surface area (Å²) in [6.45, 7) is 7.36. The Morgan fingerprint density at radius 3 is 2.42 bits per heavy atom. The Morgan fingerprint density at radius 1 is 1.09 bits per heavy atom. The second-order valence-corrected chi connectivity index (χ2v) is 11.0. The molecule has 1 atom stereocenters. The predicted molar refractivity (Wildman–Crippen MR) is 167 cm³/mol. The summed E-state index contributed by atoms with van der Waals surface area (Å²) in [5, 5.41) is 22.8. The van der Waals surface area contributed by atoms with Crippen molar-refractivity contribution in [2.45, 2.75) is 26.5 Å². The number of nitro benzene ring substituents is 1. The van der Waals surface area contributed by atoms with Gasteiger partial charge in [0.2, 0.25) is 0 Å². The number of esters is 1. The number of nitro groups is 1. The highest BCUT2D eigenvalue weighted by molar-refractivity contribution is 7.17. The first kappa shape index (κ1) is 30.8. The third-order valence-electron chi connectivity index (χ3n) is 7.16. The number of Topliss-reactive ketones (excluding diaryl/α,β-unsaturated/α-hetero) is 1. The van der Waals surface area contributed by atoms with Gasteiger partial charge in [-0.15, -0.1) is 0 Å². The number of carbonyl (C=O) groups excluding carboxylic acids is 3. The lowest BCUT2D eigenvalue weighted by Crippen LogP contribution is -2.29. The summed E-state index contributed by atoms with van der Waals surface area (Å²) in [4.78, 5) is 55.9. The van der Waals surface area contributed by atoms with Crippen molar-refractivity contribution in [3.63, 3.8) is 0 Å². The molecule has 5 rings (SSSR count). The van der Waals surface area contributed by atoms with E-state index < -0.39 is 34.4 Å². The van der Waals surface area contributed by atoms with Crippen LogP contribution < -0.4 is 9.64 Å². The van der Waals surface area contributed by atoms with Gasteiger partial charge in [0.25, 0.3) is 11.5 Å². The van der Waals surface area contributed by atoms with Crippen LogP contribution in [0.3, 0.4) is 0 Å². The number of rotatable bonds is 10. The molecule has 1 N–H and O–H groups in total. The maximum atomic E-state index is 13.5. The molecule has 1 aliphatic heterocycles. The van der Waals surface area contributed by atoms with Gasteiger partial charge in [0, 0.05) is 17.7 Å². The molecule has 228 valence electrons. The van der Waals surface area contributed by atoms with Crippen LogP contribution >= 0.6 is 11.3 Å². The number of amides is 1. The molecule has 1 aromatic heterocycles. The van der Waals surface area contributed by atoms with Gasteiger partial charge in [-0.05, 0) is 66.9 Å². The van der Waals surface area contributed by atoms with Gasteiger partial charge in [-0.25, -0.2) is 9.78 Å². The Kier molecular flexibility index (Phi) is 8.86. The molecular weight excluding hydrogens is 598 g/mol. The van der Waals surface area contributed by atoms with E-state index in [1.165, 1.54) is 30.3 Å². The van der Waals surface area contributed by atoms with E-state index >= 15 is 0 Å². The van der Waals surface area contributed by atoms with Gasteiger partial charge in [-0.2, -0.15) is 0 Å². The Labute approximate surface area is 261 Å². The van der Waals surface area contributed by atoms with Crippen molar-refractivity contribution >= 4 is 45.6 Å². The summed E-state index contributed by atoms with van der Waals surface area (Å²) in [5.74, 6) is -2.58. The summed E-state index contributed by atoms with van der Waals surface area (Å²) in [6.07, 6.45) is 1.41. The molecule has 11 nitrogen and oxygen atoms in total. The number of aromatic nitrogens is 1. The number of thiazole rings is 1. The SMILES string of the molecule is C=CCOC(=O)c1sc(N2C(=O)C(=O)C(=C(O)c3ccc(OCc4ccccc4C)cc3)C2c2ccc([N+](=O)[O-])cc2)nc1C. The highest BCUT2D eigenvalue weighted by atomic mass is 32.1. The number of aliphatic hydroxyl groups excluding tert-OH is 1. The fourth-order valence-corrected chi connectivity index (χ4v) is 5.78. The number of hydrogen-bond acceptors (Lipinski definition) is 10. The number of non-ortho nitro benzene ring substituents is 1. The Bertz CT molecular complexity index is 1840. The summed E-state index contributed by atoms with van der Waals surface area (Å²) in [6, 6.07) is 18.3. The largest absolute Gasteiger partial charge is 0.507 e. The molecule has 1 fully saturated rings. The minimum Gasteiger partial charge on any atom is -0.507 e. The molecule has 4 aromatic rings. The van der Waals surface area contributed by atoms with Crippen LogP contribution in [0.5, 0.6) is 5.75 Å². The molecule has 0 aliphatic carbocycles. The summed E-state index contributed by atoms with van der Waals surface area (Å²) >= 11 is 0.848. The summed E-state index contributed by atoms with van der Waals surface area (Å²) < 4.78 is 11.0. The number of aliphatic hydroxyl groups is 1. The molecule has 2 heterocycles. The number of anilines is 1. The predicted octanol–water partition coefficient (Wildman–Crippen LogP) is 6.22.